The number of ketones is 1. The molecule has 5 rings (SSSR count). The van der Waals surface area contributed by atoms with Crippen LogP contribution in [0.4, 0.5) is 9.59 Å². The second-order valence-corrected chi connectivity index (χ2v) is 11.3. The average Bonchev–Trinajstić information content (AvgIpc) is 3.40. The predicted molar refractivity (Wildman–Crippen MR) is 117 cm³/mol. The van der Waals surface area contributed by atoms with Gasteiger partial charge >= 0.3 is 12.2 Å². The summed E-state index contributed by atoms with van der Waals surface area (Å²) in [6.07, 6.45) is 2.65. The second kappa shape index (κ2) is 7.52. The summed E-state index contributed by atoms with van der Waals surface area (Å²) in [6, 6.07) is 0. The first kappa shape index (κ1) is 22.8. The molecule has 8 atom stereocenters. The quantitative estimate of drug-likeness (QED) is 0.430. The van der Waals surface area contributed by atoms with E-state index in [-0.39, 0.29) is 29.1 Å². The third-order valence-corrected chi connectivity index (χ3v) is 9.78. The Kier molecular flexibility index (Phi) is 5.19. The first-order valence-corrected chi connectivity index (χ1v) is 12.1. The Bertz CT molecular complexity index is 889. The number of aliphatic hydroxyl groups is 1. The number of alkyl carbamates (subject to hydrolysis) is 2. The van der Waals surface area contributed by atoms with E-state index in [2.05, 4.69) is 18.8 Å². The molecule has 0 unspecified atom stereocenters. The van der Waals surface area contributed by atoms with E-state index in [1.165, 1.54) is 5.01 Å². The molecule has 0 aromatic heterocycles. The summed E-state index contributed by atoms with van der Waals surface area (Å²) < 4.78 is 11.1. The number of carbonyl (C=O) groups excluding carboxylic acids is 3. The molecule has 0 aromatic rings. The van der Waals surface area contributed by atoms with Crippen molar-refractivity contribution < 1.29 is 29.0 Å². The van der Waals surface area contributed by atoms with Gasteiger partial charge in [0.15, 0.2) is 0 Å². The summed E-state index contributed by atoms with van der Waals surface area (Å²) in [6.45, 7) is 8.82. The Hall–Kier alpha value is -1.97. The number of hydrogen-bond acceptors (Lipinski definition) is 8. The standard InChI is InChI=1S/C24H35N3O6/c1-4-22(3)10-17(33-21(31)26-20(30)32-15-11-27(25)12-15)24-9-14(24)5-7-23(13(2)19(22)29)8-6-16(28)18(23)24/h4,13-15,17-19,29H,1,5-12,25H2,2-3H3,(H,26,30,31)/t13-,14-,17+,18+,19-,22+,23-,24-/m0/s1. The number of rotatable bonds is 3. The average molecular weight is 462 g/mol. The van der Waals surface area contributed by atoms with Gasteiger partial charge < -0.3 is 14.6 Å². The van der Waals surface area contributed by atoms with Gasteiger partial charge in [-0.15, -0.1) is 6.58 Å². The molecule has 33 heavy (non-hydrogen) atoms. The highest BCUT2D eigenvalue weighted by atomic mass is 16.6. The van der Waals surface area contributed by atoms with Crippen LogP contribution >= 0.6 is 0 Å². The molecule has 5 aliphatic rings. The molecule has 1 spiro atoms. The van der Waals surface area contributed by atoms with Gasteiger partial charge in [-0.3, -0.25) is 10.6 Å². The lowest BCUT2D eigenvalue weighted by molar-refractivity contribution is -0.156. The normalized spacial score (nSPS) is 46.7. The number of nitrogens with two attached hydrogens (primary N) is 1. The number of nitrogens with one attached hydrogen (secondary N) is 1. The number of carbonyl (C=O) groups is 3. The highest BCUT2D eigenvalue weighted by Crippen LogP contribution is 2.77. The number of Topliss-reactive ketones (excluding diaryl/α,β-unsaturated/α-hetero) is 1. The molecule has 4 aliphatic carbocycles. The number of amides is 2. The maximum absolute atomic E-state index is 13.2. The molecular weight excluding hydrogens is 426 g/mol. The molecule has 1 saturated heterocycles. The Morgan fingerprint density at radius 2 is 1.94 bits per heavy atom. The number of ether oxygens (including phenoxy) is 2. The zero-order valence-electron chi connectivity index (χ0n) is 19.4. The summed E-state index contributed by atoms with van der Waals surface area (Å²) in [4.78, 5) is 38.2. The van der Waals surface area contributed by atoms with Gasteiger partial charge in [0.1, 0.15) is 18.0 Å². The van der Waals surface area contributed by atoms with Crippen molar-refractivity contribution in [1.82, 2.24) is 10.3 Å². The van der Waals surface area contributed by atoms with Crippen molar-refractivity contribution in [3.8, 4) is 0 Å². The summed E-state index contributed by atoms with van der Waals surface area (Å²) in [5.74, 6) is 5.80. The Balaban J connectivity index is 1.41. The van der Waals surface area contributed by atoms with E-state index in [9.17, 15) is 19.5 Å². The smallest absolute Gasteiger partial charge is 0.416 e. The van der Waals surface area contributed by atoms with Gasteiger partial charge in [0.05, 0.1) is 19.2 Å². The summed E-state index contributed by atoms with van der Waals surface area (Å²) in [5, 5.41) is 15.1. The molecule has 2 amide bonds. The SMILES string of the molecule is C=C[C@]1(C)C[C@@H](OC(=O)NC(=O)OC2CN(N)C2)[C@]23C[C@@H]2CC[C@]2(CCC(=O)[C@H]23)[C@@H](C)[C@@H]1O. The molecule has 4 N–H and O–H groups in total. The van der Waals surface area contributed by atoms with E-state index >= 15 is 0 Å². The van der Waals surface area contributed by atoms with E-state index in [0.29, 0.717) is 31.8 Å². The molecular formula is C24H35N3O6. The van der Waals surface area contributed by atoms with Crippen LogP contribution in [0.3, 0.4) is 0 Å². The number of hydrazine groups is 1. The predicted octanol–water partition coefficient (Wildman–Crippen LogP) is 2.13. The van der Waals surface area contributed by atoms with Crippen LogP contribution in [0.5, 0.6) is 0 Å². The zero-order chi connectivity index (χ0) is 23.8. The lowest BCUT2D eigenvalue weighted by atomic mass is 9.50. The topological polar surface area (TPSA) is 131 Å². The van der Waals surface area contributed by atoms with Crippen LogP contribution in [-0.4, -0.2) is 59.5 Å². The monoisotopic (exact) mass is 461 g/mol. The van der Waals surface area contributed by atoms with Gasteiger partial charge in [-0.2, -0.15) is 0 Å². The Morgan fingerprint density at radius 1 is 1.24 bits per heavy atom. The summed E-state index contributed by atoms with van der Waals surface area (Å²) >= 11 is 0. The number of hydrogen-bond donors (Lipinski definition) is 3. The molecule has 9 nitrogen and oxygen atoms in total. The van der Waals surface area contributed by atoms with Crippen molar-refractivity contribution >= 4 is 18.0 Å². The van der Waals surface area contributed by atoms with Gasteiger partial charge in [-0.1, -0.05) is 19.9 Å². The molecule has 0 radical (unpaired) electrons. The molecule has 1 heterocycles. The van der Waals surface area contributed by atoms with Crippen molar-refractivity contribution in [2.24, 2.45) is 39.8 Å². The molecule has 2 bridgehead atoms. The highest BCUT2D eigenvalue weighted by molar-refractivity contribution is 5.88. The fourth-order valence-corrected chi connectivity index (χ4v) is 7.82. The van der Waals surface area contributed by atoms with E-state index in [1.54, 1.807) is 6.08 Å². The van der Waals surface area contributed by atoms with Gasteiger partial charge in [0.2, 0.25) is 0 Å². The van der Waals surface area contributed by atoms with Crippen molar-refractivity contribution in [3.05, 3.63) is 12.7 Å². The minimum Gasteiger partial charge on any atom is -0.445 e. The zero-order valence-corrected chi connectivity index (χ0v) is 19.4. The van der Waals surface area contributed by atoms with Crippen LogP contribution in [0, 0.1) is 34.0 Å². The van der Waals surface area contributed by atoms with Crippen LogP contribution in [0.1, 0.15) is 52.4 Å². The van der Waals surface area contributed by atoms with E-state index in [1.807, 2.05) is 6.92 Å². The van der Waals surface area contributed by atoms with Crippen LogP contribution < -0.4 is 11.2 Å². The first-order valence-electron chi connectivity index (χ1n) is 12.1. The molecule has 5 fully saturated rings. The largest absolute Gasteiger partial charge is 0.445 e. The van der Waals surface area contributed by atoms with Crippen molar-refractivity contribution in [3.63, 3.8) is 0 Å². The minimum absolute atomic E-state index is 0.0651. The molecule has 9 heteroatoms. The van der Waals surface area contributed by atoms with Gasteiger partial charge in [0, 0.05) is 23.2 Å². The van der Waals surface area contributed by atoms with E-state index in [0.717, 1.165) is 25.7 Å². The van der Waals surface area contributed by atoms with Crippen LogP contribution in [0.15, 0.2) is 12.7 Å². The number of aliphatic hydroxyl groups excluding tert-OH is 1. The lowest BCUT2D eigenvalue weighted by Gasteiger charge is -2.55. The molecule has 0 aromatic carbocycles. The fourth-order valence-electron chi connectivity index (χ4n) is 7.82. The van der Waals surface area contributed by atoms with E-state index < -0.39 is 35.2 Å². The maximum atomic E-state index is 13.2. The van der Waals surface area contributed by atoms with Gasteiger partial charge in [0.25, 0.3) is 0 Å². The first-order chi connectivity index (χ1) is 15.6. The van der Waals surface area contributed by atoms with Crippen LogP contribution in [0.2, 0.25) is 0 Å². The minimum atomic E-state index is -0.884. The fraction of sp³-hybridized carbons (Fsp3) is 0.792. The number of nitrogens with zero attached hydrogens (tertiary/aromatic N) is 1. The summed E-state index contributed by atoms with van der Waals surface area (Å²) in [7, 11) is 0. The second-order valence-electron chi connectivity index (χ2n) is 11.3. The lowest BCUT2D eigenvalue weighted by Crippen LogP contribution is -2.58. The third kappa shape index (κ3) is 3.26. The van der Waals surface area contributed by atoms with E-state index in [4.69, 9.17) is 15.3 Å². The van der Waals surface area contributed by atoms with Gasteiger partial charge in [-0.25, -0.2) is 19.9 Å². The van der Waals surface area contributed by atoms with Crippen molar-refractivity contribution in [1.29, 1.82) is 0 Å². The molecule has 1 aliphatic heterocycles. The van der Waals surface area contributed by atoms with Crippen molar-refractivity contribution in [2.45, 2.75) is 70.7 Å². The van der Waals surface area contributed by atoms with Gasteiger partial charge in [-0.05, 0) is 49.4 Å². The van der Waals surface area contributed by atoms with Crippen LogP contribution in [-0.2, 0) is 14.3 Å². The van der Waals surface area contributed by atoms with Crippen LogP contribution in [0.25, 0.3) is 0 Å². The third-order valence-electron chi connectivity index (χ3n) is 9.78. The Morgan fingerprint density at radius 3 is 2.61 bits per heavy atom. The molecule has 182 valence electrons. The van der Waals surface area contributed by atoms with Crippen molar-refractivity contribution in [2.75, 3.05) is 13.1 Å². The maximum Gasteiger partial charge on any atom is 0.416 e. The highest BCUT2D eigenvalue weighted by Gasteiger charge is 2.77. The Labute approximate surface area is 194 Å². The molecule has 4 saturated carbocycles. The summed E-state index contributed by atoms with van der Waals surface area (Å²) in [5.41, 5.74) is -1.41. The number of imide groups is 1.